The van der Waals surface area contributed by atoms with Crippen LogP contribution in [0.3, 0.4) is 0 Å². The van der Waals surface area contributed by atoms with Gasteiger partial charge in [0.25, 0.3) is 0 Å². The van der Waals surface area contributed by atoms with Crippen LogP contribution in [0.25, 0.3) is 0 Å². The summed E-state index contributed by atoms with van der Waals surface area (Å²) in [6.45, 7) is 0.680. The minimum Gasteiger partial charge on any atom is -0.478 e. The van der Waals surface area contributed by atoms with Gasteiger partial charge in [0.05, 0.1) is 5.56 Å². The molecule has 0 atom stereocenters. The molecule has 0 spiro atoms. The second kappa shape index (κ2) is 8.31. The summed E-state index contributed by atoms with van der Waals surface area (Å²) < 4.78 is 0. The first kappa shape index (κ1) is 17.7. The number of aromatic nitrogens is 2. The molecule has 3 aromatic rings. The summed E-state index contributed by atoms with van der Waals surface area (Å²) in [5.41, 5.74) is 2.03. The van der Waals surface area contributed by atoms with Gasteiger partial charge in [-0.1, -0.05) is 29.8 Å². The molecule has 3 rings (SSSR count). The van der Waals surface area contributed by atoms with E-state index >= 15 is 0 Å². The van der Waals surface area contributed by atoms with Crippen LogP contribution in [0.15, 0.2) is 60.8 Å². The number of anilines is 3. The first-order chi connectivity index (χ1) is 12.6. The fourth-order valence-corrected chi connectivity index (χ4v) is 2.49. The van der Waals surface area contributed by atoms with Crippen LogP contribution in [0.5, 0.6) is 0 Å². The van der Waals surface area contributed by atoms with Gasteiger partial charge in [-0.3, -0.25) is 0 Å². The van der Waals surface area contributed by atoms with E-state index in [1.807, 2.05) is 24.3 Å². The number of nitrogens with zero attached hydrogens (tertiary/aromatic N) is 2. The normalized spacial score (nSPS) is 10.3. The van der Waals surface area contributed by atoms with Gasteiger partial charge in [0.2, 0.25) is 5.95 Å². The van der Waals surface area contributed by atoms with Gasteiger partial charge in [-0.05, 0) is 48.4 Å². The number of nitrogens with one attached hydrogen (secondary N) is 2. The van der Waals surface area contributed by atoms with Gasteiger partial charge in [0.1, 0.15) is 5.82 Å². The molecule has 0 unspecified atom stereocenters. The Morgan fingerprint density at radius 1 is 1.12 bits per heavy atom. The monoisotopic (exact) mass is 368 g/mol. The molecule has 0 radical (unpaired) electrons. The highest BCUT2D eigenvalue weighted by atomic mass is 35.5. The largest absolute Gasteiger partial charge is 0.478 e. The van der Waals surface area contributed by atoms with E-state index in [-0.39, 0.29) is 5.56 Å². The lowest BCUT2D eigenvalue weighted by Gasteiger charge is -2.09. The molecule has 0 aliphatic rings. The van der Waals surface area contributed by atoms with Crippen LogP contribution in [0.4, 0.5) is 17.5 Å². The number of benzene rings is 2. The van der Waals surface area contributed by atoms with Crippen LogP contribution in [-0.2, 0) is 6.42 Å². The highest BCUT2D eigenvalue weighted by molar-refractivity contribution is 6.30. The summed E-state index contributed by atoms with van der Waals surface area (Å²) in [6.07, 6.45) is 2.46. The fourth-order valence-electron chi connectivity index (χ4n) is 2.36. The topological polar surface area (TPSA) is 87.1 Å². The van der Waals surface area contributed by atoms with E-state index < -0.39 is 5.97 Å². The number of hydrogen-bond acceptors (Lipinski definition) is 5. The second-order valence-electron chi connectivity index (χ2n) is 5.58. The van der Waals surface area contributed by atoms with Crippen LogP contribution in [0, 0.1) is 0 Å². The minimum atomic E-state index is -0.971. The number of rotatable bonds is 7. The van der Waals surface area contributed by atoms with Gasteiger partial charge in [0.15, 0.2) is 0 Å². The van der Waals surface area contributed by atoms with E-state index in [4.69, 9.17) is 16.7 Å². The quantitative estimate of drug-likeness (QED) is 0.578. The summed E-state index contributed by atoms with van der Waals surface area (Å²) in [5, 5.41) is 16.0. The van der Waals surface area contributed by atoms with Crippen molar-refractivity contribution in [3.05, 3.63) is 76.9 Å². The molecule has 2 aromatic carbocycles. The Morgan fingerprint density at radius 2 is 1.92 bits per heavy atom. The summed E-state index contributed by atoms with van der Waals surface area (Å²) in [5.74, 6) is 0.107. The Bertz CT molecular complexity index is 900. The zero-order valence-corrected chi connectivity index (χ0v) is 14.6. The molecular formula is C19H17ClN4O2. The summed E-state index contributed by atoms with van der Waals surface area (Å²) in [7, 11) is 0. The van der Waals surface area contributed by atoms with Crippen molar-refractivity contribution in [1.29, 1.82) is 0 Å². The maximum absolute atomic E-state index is 11.0. The van der Waals surface area contributed by atoms with Crippen LogP contribution in [0.2, 0.25) is 5.02 Å². The van der Waals surface area contributed by atoms with Crippen molar-refractivity contribution < 1.29 is 9.90 Å². The first-order valence-electron chi connectivity index (χ1n) is 8.02. The zero-order chi connectivity index (χ0) is 18.4. The number of aromatic carboxylic acids is 1. The summed E-state index contributed by atoms with van der Waals surface area (Å²) in [6, 6.07) is 16.0. The predicted molar refractivity (Wildman–Crippen MR) is 102 cm³/mol. The van der Waals surface area contributed by atoms with Crippen LogP contribution in [0.1, 0.15) is 15.9 Å². The van der Waals surface area contributed by atoms with E-state index in [1.165, 1.54) is 11.6 Å². The minimum absolute atomic E-state index is 0.213. The Hall–Kier alpha value is -3.12. The first-order valence-corrected chi connectivity index (χ1v) is 8.40. The van der Waals surface area contributed by atoms with Crippen molar-refractivity contribution in [3.8, 4) is 0 Å². The maximum atomic E-state index is 11.0. The van der Waals surface area contributed by atoms with Gasteiger partial charge >= 0.3 is 5.97 Å². The predicted octanol–water partition coefficient (Wildman–Crippen LogP) is 4.23. The van der Waals surface area contributed by atoms with Crippen molar-refractivity contribution >= 4 is 35.0 Å². The number of carbonyl (C=O) groups is 1. The zero-order valence-electron chi connectivity index (χ0n) is 13.8. The molecule has 0 aliphatic heterocycles. The molecule has 0 saturated heterocycles. The molecule has 1 aromatic heterocycles. The Balaban J connectivity index is 1.60. The molecule has 1 heterocycles. The third kappa shape index (κ3) is 4.94. The molecule has 0 aliphatic carbocycles. The smallest absolute Gasteiger partial charge is 0.335 e. The molecule has 0 saturated carbocycles. The molecule has 3 N–H and O–H groups in total. The van der Waals surface area contributed by atoms with E-state index in [0.717, 1.165) is 11.4 Å². The number of halogens is 1. The van der Waals surface area contributed by atoms with Crippen LogP contribution < -0.4 is 10.6 Å². The van der Waals surface area contributed by atoms with Crippen molar-refractivity contribution in [1.82, 2.24) is 9.97 Å². The maximum Gasteiger partial charge on any atom is 0.335 e. The number of carboxylic acid groups (broad SMARTS) is 1. The van der Waals surface area contributed by atoms with Crippen molar-refractivity contribution in [3.63, 3.8) is 0 Å². The Morgan fingerprint density at radius 3 is 2.69 bits per heavy atom. The van der Waals surface area contributed by atoms with Gasteiger partial charge in [-0.2, -0.15) is 4.98 Å². The number of carboxylic acids is 1. The average molecular weight is 369 g/mol. The molecule has 6 nitrogen and oxygen atoms in total. The number of hydrogen-bond donors (Lipinski definition) is 3. The molecule has 132 valence electrons. The molecule has 0 fully saturated rings. The molecule has 26 heavy (non-hydrogen) atoms. The van der Waals surface area contributed by atoms with Gasteiger partial charge in [-0.15, -0.1) is 0 Å². The summed E-state index contributed by atoms with van der Waals surface area (Å²) >= 11 is 5.88. The van der Waals surface area contributed by atoms with E-state index in [9.17, 15) is 4.79 Å². The van der Waals surface area contributed by atoms with E-state index in [2.05, 4.69) is 20.6 Å². The Kier molecular flexibility index (Phi) is 5.66. The van der Waals surface area contributed by atoms with Crippen LogP contribution >= 0.6 is 11.6 Å². The molecular weight excluding hydrogens is 352 g/mol. The van der Waals surface area contributed by atoms with E-state index in [1.54, 1.807) is 30.5 Å². The van der Waals surface area contributed by atoms with Crippen molar-refractivity contribution in [2.24, 2.45) is 0 Å². The lowest BCUT2D eigenvalue weighted by molar-refractivity contribution is 0.0697. The molecule has 0 bridgehead atoms. The van der Waals surface area contributed by atoms with E-state index in [0.29, 0.717) is 24.0 Å². The lowest BCUT2D eigenvalue weighted by Crippen LogP contribution is -2.08. The third-order valence-corrected chi connectivity index (χ3v) is 3.90. The van der Waals surface area contributed by atoms with Gasteiger partial charge in [-0.25, -0.2) is 9.78 Å². The second-order valence-corrected chi connectivity index (χ2v) is 6.02. The highest BCUT2D eigenvalue weighted by Gasteiger charge is 2.05. The summed E-state index contributed by atoms with van der Waals surface area (Å²) in [4.78, 5) is 19.6. The van der Waals surface area contributed by atoms with Crippen molar-refractivity contribution in [2.45, 2.75) is 6.42 Å². The van der Waals surface area contributed by atoms with Gasteiger partial charge < -0.3 is 15.7 Å². The highest BCUT2D eigenvalue weighted by Crippen LogP contribution is 2.17. The average Bonchev–Trinajstić information content (AvgIpc) is 2.64. The lowest BCUT2D eigenvalue weighted by atomic mass is 10.1. The SMILES string of the molecule is O=C(O)c1cccc(Nc2ccnc(NCCc3ccc(Cl)cc3)n2)c1. The Labute approximate surface area is 155 Å². The molecule has 7 heteroatoms. The molecule has 0 amide bonds. The van der Waals surface area contributed by atoms with Crippen molar-refractivity contribution in [2.75, 3.05) is 17.2 Å². The van der Waals surface area contributed by atoms with Gasteiger partial charge in [0, 0.05) is 23.5 Å². The fraction of sp³-hybridized carbons (Fsp3) is 0.105. The van der Waals surface area contributed by atoms with Crippen LogP contribution in [-0.4, -0.2) is 27.6 Å². The third-order valence-electron chi connectivity index (χ3n) is 3.65. The standard InChI is InChI=1S/C19H17ClN4O2/c20-15-6-4-13(5-7-15)8-10-21-19-22-11-9-17(24-19)23-16-3-1-2-14(12-16)18(25)26/h1-7,9,11-12H,8,10H2,(H,25,26)(H2,21,22,23,24).